The third-order valence-electron chi connectivity index (χ3n) is 3.08. The Hall–Kier alpha value is -1.88. The van der Waals surface area contributed by atoms with Crippen LogP contribution in [0.2, 0.25) is 0 Å². The molecule has 0 saturated heterocycles. The summed E-state index contributed by atoms with van der Waals surface area (Å²) in [6, 6.07) is 7.20. The first-order chi connectivity index (χ1) is 10.1. The second kappa shape index (κ2) is 7.22. The van der Waals surface area contributed by atoms with Gasteiger partial charge in [0.2, 0.25) is 0 Å². The van der Waals surface area contributed by atoms with Crippen molar-refractivity contribution in [2.45, 2.75) is 32.2 Å². The Kier molecular flexibility index (Phi) is 5.33. The molecule has 0 amide bonds. The van der Waals surface area contributed by atoms with Gasteiger partial charge in [-0.05, 0) is 25.5 Å². The van der Waals surface area contributed by atoms with Crippen LogP contribution in [0.3, 0.4) is 0 Å². The molecule has 0 aliphatic heterocycles. The molecule has 1 heterocycles. The monoisotopic (exact) mass is 307 g/mol. The number of Topliss-reactive ketones (excluding diaryl/α,β-unsaturated/α-hetero) is 1. The summed E-state index contributed by atoms with van der Waals surface area (Å²) in [5.41, 5.74) is 1.35. The van der Waals surface area contributed by atoms with Crippen LogP contribution >= 0.6 is 11.6 Å². The highest BCUT2D eigenvalue weighted by Gasteiger charge is 2.10. The van der Waals surface area contributed by atoms with Gasteiger partial charge >= 0.3 is 0 Å². The van der Waals surface area contributed by atoms with Crippen molar-refractivity contribution in [3.05, 3.63) is 41.7 Å². The van der Waals surface area contributed by atoms with E-state index in [1.54, 1.807) is 16.8 Å². The fourth-order valence-corrected chi connectivity index (χ4v) is 2.01. The van der Waals surface area contributed by atoms with Crippen LogP contribution in [0.4, 0.5) is 0 Å². The van der Waals surface area contributed by atoms with Crippen LogP contribution in [-0.4, -0.2) is 27.4 Å². The summed E-state index contributed by atoms with van der Waals surface area (Å²) in [6.45, 7) is 4.48. The number of benzene rings is 1. The zero-order valence-electron chi connectivity index (χ0n) is 12.1. The summed E-state index contributed by atoms with van der Waals surface area (Å²) in [7, 11) is 0. The van der Waals surface area contributed by atoms with Crippen LogP contribution in [0.5, 0.6) is 5.75 Å². The number of nitrogens with zero attached hydrogens (tertiary/aromatic N) is 3. The first-order valence-corrected chi connectivity index (χ1v) is 7.32. The van der Waals surface area contributed by atoms with Crippen LogP contribution in [-0.2, 0) is 6.54 Å². The molecule has 2 aromatic rings. The molecule has 1 atom stereocenters. The van der Waals surface area contributed by atoms with E-state index in [4.69, 9.17) is 16.3 Å². The van der Waals surface area contributed by atoms with E-state index in [0.717, 1.165) is 12.1 Å². The lowest BCUT2D eigenvalue weighted by Gasteiger charge is -2.09. The quantitative estimate of drug-likeness (QED) is 0.582. The number of halogens is 1. The number of hydrogen-bond acceptors (Lipinski definition) is 4. The zero-order chi connectivity index (χ0) is 15.2. The Bertz CT molecular complexity index is 612. The lowest BCUT2D eigenvalue weighted by molar-refractivity contribution is 0.101. The molecule has 112 valence electrons. The molecule has 0 saturated carbocycles. The maximum atomic E-state index is 11.5. The first kappa shape index (κ1) is 15.5. The summed E-state index contributed by atoms with van der Waals surface area (Å²) in [5.74, 6) is 0.579. The van der Waals surface area contributed by atoms with E-state index >= 15 is 0 Å². The van der Waals surface area contributed by atoms with Gasteiger partial charge in [0.15, 0.2) is 5.78 Å². The standard InChI is InChI=1S/C15H18ClN3O2/c1-3-13(16)14-10-19(18-17-14)8-9-21-15-7-5-4-6-12(15)11(2)20/h4-7,10,13H,3,8-9H2,1-2H3. The van der Waals surface area contributed by atoms with E-state index < -0.39 is 0 Å². The normalized spacial score (nSPS) is 12.1. The molecule has 0 aliphatic rings. The number of para-hydroxylation sites is 1. The highest BCUT2D eigenvalue weighted by Crippen LogP contribution is 2.21. The Morgan fingerprint density at radius 3 is 2.90 bits per heavy atom. The van der Waals surface area contributed by atoms with Crippen molar-refractivity contribution in [3.8, 4) is 5.75 Å². The van der Waals surface area contributed by atoms with Crippen LogP contribution < -0.4 is 4.74 Å². The molecular weight excluding hydrogens is 290 g/mol. The molecule has 2 rings (SSSR count). The minimum atomic E-state index is -0.113. The van der Waals surface area contributed by atoms with Gasteiger partial charge in [0.1, 0.15) is 18.1 Å². The van der Waals surface area contributed by atoms with Crippen LogP contribution in [0.25, 0.3) is 0 Å². The lowest BCUT2D eigenvalue weighted by Crippen LogP contribution is -2.10. The van der Waals surface area contributed by atoms with Crippen molar-refractivity contribution in [3.63, 3.8) is 0 Å². The lowest BCUT2D eigenvalue weighted by atomic mass is 10.1. The van der Waals surface area contributed by atoms with Gasteiger partial charge in [-0.1, -0.05) is 24.3 Å². The fraction of sp³-hybridized carbons (Fsp3) is 0.400. The van der Waals surface area contributed by atoms with E-state index in [1.165, 1.54) is 6.92 Å². The van der Waals surface area contributed by atoms with E-state index in [-0.39, 0.29) is 11.2 Å². The molecule has 0 aliphatic carbocycles. The number of ketones is 1. The summed E-state index contributed by atoms with van der Waals surface area (Å²) < 4.78 is 7.35. The second-order valence-electron chi connectivity index (χ2n) is 4.68. The molecule has 1 unspecified atom stereocenters. The van der Waals surface area contributed by atoms with Gasteiger partial charge in [0.25, 0.3) is 0 Å². The van der Waals surface area contributed by atoms with Crippen molar-refractivity contribution in [2.75, 3.05) is 6.61 Å². The maximum absolute atomic E-state index is 11.5. The number of aromatic nitrogens is 3. The molecular formula is C15H18ClN3O2. The van der Waals surface area contributed by atoms with Gasteiger partial charge in [-0.25, -0.2) is 4.68 Å². The van der Waals surface area contributed by atoms with Gasteiger partial charge in [-0.2, -0.15) is 0 Å². The smallest absolute Gasteiger partial charge is 0.163 e. The van der Waals surface area contributed by atoms with E-state index in [9.17, 15) is 4.79 Å². The number of carbonyl (C=O) groups is 1. The average Bonchev–Trinajstić information content (AvgIpc) is 2.95. The predicted octanol–water partition coefficient (Wildman–Crippen LogP) is 3.25. The zero-order valence-corrected chi connectivity index (χ0v) is 12.9. The van der Waals surface area contributed by atoms with E-state index in [1.807, 2.05) is 25.3 Å². The Morgan fingerprint density at radius 2 is 2.19 bits per heavy atom. The van der Waals surface area contributed by atoms with Crippen molar-refractivity contribution in [2.24, 2.45) is 0 Å². The summed E-state index contributed by atoms with van der Waals surface area (Å²) in [4.78, 5) is 11.5. The van der Waals surface area contributed by atoms with E-state index in [2.05, 4.69) is 10.3 Å². The van der Waals surface area contributed by atoms with E-state index in [0.29, 0.717) is 24.5 Å². The molecule has 5 nitrogen and oxygen atoms in total. The van der Waals surface area contributed by atoms with Crippen molar-refractivity contribution < 1.29 is 9.53 Å². The molecule has 0 fully saturated rings. The van der Waals surface area contributed by atoms with Crippen molar-refractivity contribution in [1.29, 1.82) is 0 Å². The summed E-state index contributed by atoms with van der Waals surface area (Å²) >= 11 is 6.10. The molecule has 1 aromatic heterocycles. The maximum Gasteiger partial charge on any atom is 0.163 e. The topological polar surface area (TPSA) is 57.0 Å². The van der Waals surface area contributed by atoms with Gasteiger partial charge in [-0.15, -0.1) is 16.7 Å². The molecule has 1 aromatic carbocycles. The van der Waals surface area contributed by atoms with Gasteiger partial charge in [-0.3, -0.25) is 4.79 Å². The van der Waals surface area contributed by atoms with Gasteiger partial charge < -0.3 is 4.74 Å². The van der Waals surface area contributed by atoms with Crippen LogP contribution in [0.1, 0.15) is 41.7 Å². The summed E-state index contributed by atoms with van der Waals surface area (Å²) in [6.07, 6.45) is 2.63. The number of ether oxygens (including phenoxy) is 1. The molecule has 21 heavy (non-hydrogen) atoms. The fourth-order valence-electron chi connectivity index (χ4n) is 1.91. The Morgan fingerprint density at radius 1 is 1.43 bits per heavy atom. The van der Waals surface area contributed by atoms with Crippen LogP contribution in [0.15, 0.2) is 30.5 Å². The van der Waals surface area contributed by atoms with Gasteiger partial charge in [0.05, 0.1) is 23.7 Å². The molecule has 0 spiro atoms. The number of carbonyl (C=O) groups excluding carboxylic acids is 1. The first-order valence-electron chi connectivity index (χ1n) is 6.88. The molecule has 0 bridgehead atoms. The molecule has 0 N–H and O–H groups in total. The second-order valence-corrected chi connectivity index (χ2v) is 5.21. The highest BCUT2D eigenvalue weighted by atomic mass is 35.5. The molecule has 0 radical (unpaired) electrons. The number of hydrogen-bond donors (Lipinski definition) is 0. The number of alkyl halides is 1. The predicted molar refractivity (Wildman–Crippen MR) is 80.8 cm³/mol. The van der Waals surface area contributed by atoms with Crippen molar-refractivity contribution in [1.82, 2.24) is 15.0 Å². The Balaban J connectivity index is 1.93. The third-order valence-corrected chi connectivity index (χ3v) is 3.61. The van der Waals surface area contributed by atoms with Crippen molar-refractivity contribution >= 4 is 17.4 Å². The largest absolute Gasteiger partial charge is 0.491 e. The molecule has 6 heteroatoms. The third kappa shape index (κ3) is 4.04. The SMILES string of the molecule is CCC(Cl)c1cn(CCOc2ccccc2C(C)=O)nn1. The number of rotatable bonds is 7. The highest BCUT2D eigenvalue weighted by molar-refractivity contribution is 6.20. The van der Waals surface area contributed by atoms with Gasteiger partial charge in [0, 0.05) is 0 Å². The minimum absolute atomic E-state index is 0.0124. The van der Waals surface area contributed by atoms with Crippen LogP contribution in [0, 0.1) is 0 Å². The minimum Gasteiger partial charge on any atom is -0.491 e. The Labute approximate surface area is 128 Å². The summed E-state index contributed by atoms with van der Waals surface area (Å²) in [5, 5.41) is 7.93. The average molecular weight is 308 g/mol.